The molecule has 0 saturated carbocycles. The average molecular weight is 223 g/mol. The fourth-order valence-electron chi connectivity index (χ4n) is 1.92. The van der Waals surface area contributed by atoms with Crippen LogP contribution in [0.25, 0.3) is 0 Å². The number of ether oxygens (including phenoxy) is 3. The average Bonchev–Trinajstić information content (AvgIpc) is 2.39. The molecule has 0 aromatic heterocycles. The maximum Gasteiger partial charge on any atom is 0.211 e. The van der Waals surface area contributed by atoms with Crippen LogP contribution in [0.5, 0.6) is 5.75 Å². The highest BCUT2D eigenvalue weighted by Gasteiger charge is 2.37. The van der Waals surface area contributed by atoms with Gasteiger partial charge in [0.25, 0.3) is 0 Å². The molecule has 0 aliphatic carbocycles. The second-order valence-corrected chi connectivity index (χ2v) is 3.71. The van der Waals surface area contributed by atoms with Gasteiger partial charge in [-0.3, -0.25) is 0 Å². The lowest BCUT2D eigenvalue weighted by Gasteiger charge is -2.37. The summed E-state index contributed by atoms with van der Waals surface area (Å²) in [5, 5.41) is 0. The van der Waals surface area contributed by atoms with Gasteiger partial charge in [0.1, 0.15) is 5.75 Å². The number of rotatable bonds is 3. The summed E-state index contributed by atoms with van der Waals surface area (Å²) in [7, 11) is 1.63. The van der Waals surface area contributed by atoms with E-state index in [1.807, 2.05) is 24.3 Å². The summed E-state index contributed by atoms with van der Waals surface area (Å²) in [4.78, 5) is 0. The van der Waals surface area contributed by atoms with E-state index in [4.69, 9.17) is 19.9 Å². The molecule has 4 heteroatoms. The van der Waals surface area contributed by atoms with Crippen molar-refractivity contribution in [3.05, 3.63) is 29.8 Å². The zero-order valence-electron chi connectivity index (χ0n) is 9.44. The lowest BCUT2D eigenvalue weighted by Crippen LogP contribution is -2.44. The van der Waals surface area contributed by atoms with Crippen LogP contribution in [0.15, 0.2) is 24.3 Å². The fourth-order valence-corrected chi connectivity index (χ4v) is 1.92. The Morgan fingerprint density at radius 3 is 2.62 bits per heavy atom. The minimum absolute atomic E-state index is 0.285. The van der Waals surface area contributed by atoms with Gasteiger partial charge in [-0.15, -0.1) is 0 Å². The van der Waals surface area contributed by atoms with Gasteiger partial charge >= 0.3 is 0 Å². The van der Waals surface area contributed by atoms with Crippen LogP contribution >= 0.6 is 0 Å². The number of hydrogen-bond donors (Lipinski definition) is 1. The molecule has 1 saturated heterocycles. The molecule has 1 aliphatic rings. The molecule has 1 aliphatic heterocycles. The number of nitrogens with two attached hydrogens (primary N) is 1. The van der Waals surface area contributed by atoms with E-state index in [2.05, 4.69) is 0 Å². The Kier molecular flexibility index (Phi) is 3.43. The van der Waals surface area contributed by atoms with Crippen molar-refractivity contribution in [1.82, 2.24) is 0 Å². The van der Waals surface area contributed by atoms with E-state index in [0.29, 0.717) is 13.2 Å². The number of methoxy groups -OCH3 is 1. The molecular formula is C12H17NO3. The summed E-state index contributed by atoms with van der Waals surface area (Å²) in [5.74, 6) is -0.0972. The topological polar surface area (TPSA) is 53.7 Å². The third-order valence-corrected chi connectivity index (χ3v) is 2.75. The van der Waals surface area contributed by atoms with Gasteiger partial charge in [-0.2, -0.15) is 0 Å². The van der Waals surface area contributed by atoms with Gasteiger partial charge in [0.2, 0.25) is 5.79 Å². The third kappa shape index (κ3) is 1.91. The highest BCUT2D eigenvalue weighted by atomic mass is 16.7. The first-order chi connectivity index (χ1) is 7.82. The van der Waals surface area contributed by atoms with Crippen LogP contribution in [0.2, 0.25) is 0 Å². The Morgan fingerprint density at radius 2 is 2.00 bits per heavy atom. The van der Waals surface area contributed by atoms with Crippen molar-refractivity contribution in [3.63, 3.8) is 0 Å². The molecule has 1 fully saturated rings. The first kappa shape index (κ1) is 11.4. The van der Waals surface area contributed by atoms with Crippen LogP contribution in [0.4, 0.5) is 0 Å². The SMILES string of the molecule is COc1ccccc1C1(CN)OCCCO1. The highest BCUT2D eigenvalue weighted by molar-refractivity contribution is 5.37. The van der Waals surface area contributed by atoms with Gasteiger partial charge in [-0.1, -0.05) is 12.1 Å². The molecule has 0 atom stereocenters. The molecule has 0 spiro atoms. The summed E-state index contributed by atoms with van der Waals surface area (Å²) in [6.07, 6.45) is 0.900. The van der Waals surface area contributed by atoms with E-state index in [-0.39, 0.29) is 6.54 Å². The molecule has 4 nitrogen and oxygen atoms in total. The van der Waals surface area contributed by atoms with Crippen LogP contribution in [0.3, 0.4) is 0 Å². The molecule has 2 N–H and O–H groups in total. The fraction of sp³-hybridized carbons (Fsp3) is 0.500. The minimum atomic E-state index is -0.842. The van der Waals surface area contributed by atoms with Crippen LogP contribution < -0.4 is 10.5 Å². The summed E-state index contributed by atoms with van der Waals surface area (Å²) in [6, 6.07) is 7.65. The molecule has 0 amide bonds. The van der Waals surface area contributed by atoms with E-state index in [1.165, 1.54) is 0 Å². The molecule has 0 radical (unpaired) electrons. The van der Waals surface area contributed by atoms with Gasteiger partial charge in [-0.25, -0.2) is 0 Å². The van der Waals surface area contributed by atoms with Gasteiger partial charge in [0.05, 0.1) is 32.4 Å². The maximum atomic E-state index is 5.79. The quantitative estimate of drug-likeness (QED) is 0.837. The molecule has 1 heterocycles. The van der Waals surface area contributed by atoms with Crippen LogP contribution in [-0.2, 0) is 15.3 Å². The monoisotopic (exact) mass is 223 g/mol. The Hall–Kier alpha value is -1.10. The highest BCUT2D eigenvalue weighted by Crippen LogP contribution is 2.35. The van der Waals surface area contributed by atoms with Crippen molar-refractivity contribution in [2.45, 2.75) is 12.2 Å². The second kappa shape index (κ2) is 4.82. The van der Waals surface area contributed by atoms with Crippen LogP contribution in [0.1, 0.15) is 12.0 Å². The molecule has 0 bridgehead atoms. The smallest absolute Gasteiger partial charge is 0.211 e. The Morgan fingerprint density at radius 1 is 1.31 bits per heavy atom. The van der Waals surface area contributed by atoms with Crippen molar-refractivity contribution in [2.75, 3.05) is 26.9 Å². The van der Waals surface area contributed by atoms with Crippen molar-refractivity contribution >= 4 is 0 Å². The van der Waals surface area contributed by atoms with Gasteiger partial charge in [0, 0.05) is 0 Å². The Bertz CT molecular complexity index is 348. The first-order valence-corrected chi connectivity index (χ1v) is 5.44. The third-order valence-electron chi connectivity index (χ3n) is 2.75. The summed E-state index contributed by atoms with van der Waals surface area (Å²) in [6.45, 7) is 1.61. The maximum absolute atomic E-state index is 5.79. The van der Waals surface area contributed by atoms with Crippen molar-refractivity contribution in [2.24, 2.45) is 5.73 Å². The lowest BCUT2D eigenvalue weighted by atomic mass is 10.0. The lowest BCUT2D eigenvalue weighted by molar-refractivity contribution is -0.270. The number of para-hydroxylation sites is 1. The van der Waals surface area contributed by atoms with Crippen LogP contribution in [-0.4, -0.2) is 26.9 Å². The van der Waals surface area contributed by atoms with Crippen molar-refractivity contribution in [1.29, 1.82) is 0 Å². The standard InChI is InChI=1S/C12H17NO3/c1-14-11-6-3-2-5-10(11)12(9-13)15-7-4-8-16-12/h2-3,5-6H,4,7-9,13H2,1H3. The number of hydrogen-bond acceptors (Lipinski definition) is 4. The van der Waals surface area contributed by atoms with Crippen LogP contribution in [0, 0.1) is 0 Å². The van der Waals surface area contributed by atoms with Gasteiger partial charge in [0.15, 0.2) is 0 Å². The largest absolute Gasteiger partial charge is 0.496 e. The molecular weight excluding hydrogens is 206 g/mol. The van der Waals surface area contributed by atoms with E-state index >= 15 is 0 Å². The van der Waals surface area contributed by atoms with Crippen molar-refractivity contribution in [3.8, 4) is 5.75 Å². The Labute approximate surface area is 95.3 Å². The van der Waals surface area contributed by atoms with E-state index < -0.39 is 5.79 Å². The normalized spacial score (nSPS) is 19.4. The molecule has 2 rings (SSSR count). The minimum Gasteiger partial charge on any atom is -0.496 e. The predicted molar refractivity (Wildman–Crippen MR) is 60.2 cm³/mol. The van der Waals surface area contributed by atoms with E-state index in [1.54, 1.807) is 7.11 Å². The zero-order chi connectivity index (χ0) is 11.4. The van der Waals surface area contributed by atoms with E-state index in [9.17, 15) is 0 Å². The molecule has 0 unspecified atom stereocenters. The van der Waals surface area contributed by atoms with E-state index in [0.717, 1.165) is 17.7 Å². The van der Waals surface area contributed by atoms with Gasteiger partial charge in [-0.05, 0) is 18.6 Å². The molecule has 1 aromatic rings. The summed E-state index contributed by atoms with van der Waals surface area (Å²) in [5.41, 5.74) is 6.65. The summed E-state index contributed by atoms with van der Waals surface area (Å²) < 4.78 is 16.7. The molecule has 16 heavy (non-hydrogen) atoms. The molecule has 1 aromatic carbocycles. The number of benzene rings is 1. The second-order valence-electron chi connectivity index (χ2n) is 3.71. The predicted octanol–water partition coefficient (Wildman–Crippen LogP) is 1.24. The first-order valence-electron chi connectivity index (χ1n) is 5.44. The molecule has 88 valence electrons. The van der Waals surface area contributed by atoms with Gasteiger partial charge < -0.3 is 19.9 Å². The Balaban J connectivity index is 2.38. The summed E-state index contributed by atoms with van der Waals surface area (Å²) >= 11 is 0. The zero-order valence-corrected chi connectivity index (χ0v) is 9.44. The van der Waals surface area contributed by atoms with Crippen molar-refractivity contribution < 1.29 is 14.2 Å².